The van der Waals surface area contributed by atoms with E-state index in [2.05, 4.69) is 56.6 Å². The van der Waals surface area contributed by atoms with Crippen LogP contribution in [0.25, 0.3) is 16.9 Å². The number of aryl methyl sites for hydroxylation is 5. The van der Waals surface area contributed by atoms with E-state index in [0.717, 1.165) is 48.0 Å². The predicted molar refractivity (Wildman–Crippen MR) is 112 cm³/mol. The number of imidazole rings is 1. The summed E-state index contributed by atoms with van der Waals surface area (Å²) in [6.07, 6.45) is 3.28. The van der Waals surface area contributed by atoms with E-state index in [1.54, 1.807) is 0 Å². The first-order valence-electron chi connectivity index (χ1n) is 9.93. The molecule has 1 N–H and O–H groups in total. The Morgan fingerprint density at radius 3 is 2.30 bits per heavy atom. The zero-order chi connectivity index (χ0) is 19.6. The van der Waals surface area contributed by atoms with Crippen molar-refractivity contribution >= 4 is 11.2 Å². The van der Waals surface area contributed by atoms with Gasteiger partial charge in [-0.15, -0.1) is 0 Å². The molecule has 0 aliphatic heterocycles. The quantitative estimate of drug-likeness (QED) is 0.635. The molecule has 0 saturated carbocycles. The lowest BCUT2D eigenvalue weighted by Gasteiger charge is -2.14. The number of nitrogens with zero attached hydrogens (tertiary/aromatic N) is 4. The van der Waals surface area contributed by atoms with Gasteiger partial charge in [0.05, 0.1) is 11.4 Å². The molecule has 144 valence electrons. The number of benzene rings is 1. The average Bonchev–Trinajstić information content (AvgIpc) is 2.90. The SMILES string of the molecule is CCCCNCCc1nc(C)nc2c1nc(C)n2-c1c(C)cc(C)cc1C. The zero-order valence-corrected chi connectivity index (χ0v) is 17.5. The van der Waals surface area contributed by atoms with E-state index in [1.807, 2.05) is 6.92 Å². The Morgan fingerprint density at radius 1 is 0.926 bits per heavy atom. The summed E-state index contributed by atoms with van der Waals surface area (Å²) in [6.45, 7) is 14.7. The van der Waals surface area contributed by atoms with Crippen LogP contribution < -0.4 is 5.32 Å². The third kappa shape index (κ3) is 4.03. The third-order valence-electron chi connectivity index (χ3n) is 4.96. The Bertz CT molecular complexity index is 932. The van der Waals surface area contributed by atoms with E-state index in [9.17, 15) is 0 Å². The van der Waals surface area contributed by atoms with Crippen molar-refractivity contribution in [3.05, 3.63) is 46.2 Å². The van der Waals surface area contributed by atoms with Gasteiger partial charge in [0, 0.05) is 13.0 Å². The van der Waals surface area contributed by atoms with Crippen molar-refractivity contribution in [1.82, 2.24) is 24.8 Å². The highest BCUT2D eigenvalue weighted by molar-refractivity contribution is 5.77. The minimum absolute atomic E-state index is 0.801. The highest BCUT2D eigenvalue weighted by atomic mass is 15.2. The molecular formula is C22H31N5. The minimum atomic E-state index is 0.801. The molecule has 0 aliphatic rings. The smallest absolute Gasteiger partial charge is 0.168 e. The molecule has 5 nitrogen and oxygen atoms in total. The van der Waals surface area contributed by atoms with Gasteiger partial charge in [0.2, 0.25) is 0 Å². The second-order valence-electron chi connectivity index (χ2n) is 7.49. The predicted octanol–water partition coefficient (Wildman–Crippen LogP) is 4.29. The molecule has 27 heavy (non-hydrogen) atoms. The van der Waals surface area contributed by atoms with Gasteiger partial charge in [-0.25, -0.2) is 15.0 Å². The van der Waals surface area contributed by atoms with Gasteiger partial charge in [-0.1, -0.05) is 31.0 Å². The lowest BCUT2D eigenvalue weighted by Crippen LogP contribution is -2.19. The second-order valence-corrected chi connectivity index (χ2v) is 7.49. The Kier molecular flexibility index (Phi) is 5.90. The molecule has 1 aromatic carbocycles. The van der Waals surface area contributed by atoms with Gasteiger partial charge in [-0.3, -0.25) is 4.57 Å². The van der Waals surface area contributed by atoms with E-state index < -0.39 is 0 Å². The van der Waals surface area contributed by atoms with Crippen molar-refractivity contribution in [3.63, 3.8) is 0 Å². The molecule has 0 fully saturated rings. The van der Waals surface area contributed by atoms with Gasteiger partial charge in [0.25, 0.3) is 0 Å². The maximum atomic E-state index is 4.86. The molecule has 3 aromatic rings. The van der Waals surface area contributed by atoms with Gasteiger partial charge in [0.1, 0.15) is 17.2 Å². The number of rotatable bonds is 7. The molecule has 0 amide bonds. The lowest BCUT2D eigenvalue weighted by molar-refractivity contribution is 0.636. The van der Waals surface area contributed by atoms with E-state index >= 15 is 0 Å². The fourth-order valence-electron chi connectivity index (χ4n) is 3.84. The van der Waals surface area contributed by atoms with Crippen LogP contribution in [0.15, 0.2) is 12.1 Å². The van der Waals surface area contributed by atoms with Gasteiger partial charge in [0.15, 0.2) is 5.65 Å². The molecule has 0 saturated heterocycles. The normalized spacial score (nSPS) is 11.5. The van der Waals surface area contributed by atoms with Crippen LogP contribution in [-0.4, -0.2) is 32.6 Å². The van der Waals surface area contributed by atoms with Crippen LogP contribution in [0.5, 0.6) is 0 Å². The summed E-state index contributed by atoms with van der Waals surface area (Å²) >= 11 is 0. The fraction of sp³-hybridized carbons (Fsp3) is 0.500. The van der Waals surface area contributed by atoms with Gasteiger partial charge < -0.3 is 5.32 Å². The molecule has 0 unspecified atom stereocenters. The van der Waals surface area contributed by atoms with Crippen molar-refractivity contribution < 1.29 is 0 Å². The average molecular weight is 366 g/mol. The summed E-state index contributed by atoms with van der Waals surface area (Å²) in [5, 5.41) is 3.50. The summed E-state index contributed by atoms with van der Waals surface area (Å²) in [7, 11) is 0. The Hall–Kier alpha value is -2.27. The van der Waals surface area contributed by atoms with Gasteiger partial charge >= 0.3 is 0 Å². The van der Waals surface area contributed by atoms with Crippen molar-refractivity contribution in [1.29, 1.82) is 0 Å². The number of hydrogen-bond donors (Lipinski definition) is 1. The topological polar surface area (TPSA) is 55.6 Å². The Balaban J connectivity index is 2.05. The molecule has 2 heterocycles. The van der Waals surface area contributed by atoms with Crippen LogP contribution in [0, 0.1) is 34.6 Å². The number of hydrogen-bond acceptors (Lipinski definition) is 4. The van der Waals surface area contributed by atoms with Crippen LogP contribution in [-0.2, 0) is 6.42 Å². The second kappa shape index (κ2) is 8.17. The first kappa shape index (κ1) is 19.5. The Morgan fingerprint density at radius 2 is 1.63 bits per heavy atom. The molecule has 0 radical (unpaired) electrons. The zero-order valence-electron chi connectivity index (χ0n) is 17.5. The standard InChI is InChI=1S/C22H31N5/c1-7-8-10-23-11-9-19-20-22(25-17(5)24-19)27(18(6)26-20)21-15(3)12-14(2)13-16(21)4/h12-13,23H,7-11H2,1-6H3. The van der Waals surface area contributed by atoms with Crippen molar-refractivity contribution in [2.75, 3.05) is 13.1 Å². The number of aromatic nitrogens is 4. The van der Waals surface area contributed by atoms with E-state index in [4.69, 9.17) is 15.0 Å². The molecule has 5 heteroatoms. The summed E-state index contributed by atoms with van der Waals surface area (Å²) < 4.78 is 2.20. The summed E-state index contributed by atoms with van der Waals surface area (Å²) in [4.78, 5) is 14.3. The summed E-state index contributed by atoms with van der Waals surface area (Å²) in [6, 6.07) is 4.44. The van der Waals surface area contributed by atoms with Crippen molar-refractivity contribution in [3.8, 4) is 5.69 Å². The molecule has 0 aliphatic carbocycles. The molecule has 3 rings (SSSR count). The van der Waals surface area contributed by atoms with E-state index in [-0.39, 0.29) is 0 Å². The highest BCUT2D eigenvalue weighted by Gasteiger charge is 2.18. The number of unbranched alkanes of at least 4 members (excludes halogenated alkanes) is 1. The third-order valence-corrected chi connectivity index (χ3v) is 4.96. The maximum Gasteiger partial charge on any atom is 0.168 e. The van der Waals surface area contributed by atoms with E-state index in [0.29, 0.717) is 0 Å². The highest BCUT2D eigenvalue weighted by Crippen LogP contribution is 2.27. The van der Waals surface area contributed by atoms with Gasteiger partial charge in [-0.2, -0.15) is 0 Å². The monoisotopic (exact) mass is 365 g/mol. The molecule has 0 spiro atoms. The Labute approximate surface area is 162 Å². The first-order chi connectivity index (χ1) is 12.9. The molecule has 2 aromatic heterocycles. The maximum absolute atomic E-state index is 4.86. The van der Waals surface area contributed by atoms with Crippen LogP contribution in [0.4, 0.5) is 0 Å². The summed E-state index contributed by atoms with van der Waals surface area (Å²) in [5.41, 5.74) is 7.83. The molecule has 0 atom stereocenters. The van der Waals surface area contributed by atoms with Gasteiger partial charge in [-0.05, 0) is 58.7 Å². The van der Waals surface area contributed by atoms with Crippen molar-refractivity contribution in [2.24, 2.45) is 0 Å². The van der Waals surface area contributed by atoms with Crippen LogP contribution in [0.3, 0.4) is 0 Å². The number of nitrogens with one attached hydrogen (secondary N) is 1. The fourth-order valence-corrected chi connectivity index (χ4v) is 3.84. The van der Waals surface area contributed by atoms with E-state index in [1.165, 1.54) is 35.2 Å². The largest absolute Gasteiger partial charge is 0.316 e. The first-order valence-corrected chi connectivity index (χ1v) is 9.93. The molecular weight excluding hydrogens is 334 g/mol. The summed E-state index contributed by atoms with van der Waals surface area (Å²) in [5.74, 6) is 1.76. The van der Waals surface area contributed by atoms with Crippen molar-refractivity contribution in [2.45, 2.75) is 60.8 Å². The lowest BCUT2D eigenvalue weighted by atomic mass is 10.0. The number of fused-ring (bicyclic) bond motifs is 1. The van der Waals surface area contributed by atoms with Crippen LogP contribution in [0.2, 0.25) is 0 Å². The van der Waals surface area contributed by atoms with Crippen LogP contribution >= 0.6 is 0 Å². The minimum Gasteiger partial charge on any atom is -0.316 e. The molecule has 0 bridgehead atoms. The van der Waals surface area contributed by atoms with Crippen LogP contribution in [0.1, 0.15) is 53.8 Å².